The Hall–Kier alpha value is -1.40. The molecule has 1 saturated heterocycles. The van der Waals surface area contributed by atoms with E-state index in [2.05, 4.69) is 11.6 Å². The zero-order chi connectivity index (χ0) is 14.8. The molecule has 1 fully saturated rings. The SMILES string of the molecule is CC(=O)c1ccc(NS(=O)(=O)N2CCCC(C)C2)cc1. The van der Waals surface area contributed by atoms with Gasteiger partial charge in [-0.3, -0.25) is 9.52 Å². The topological polar surface area (TPSA) is 66.5 Å². The van der Waals surface area contributed by atoms with Gasteiger partial charge in [0.2, 0.25) is 0 Å². The molecular weight excluding hydrogens is 276 g/mol. The lowest BCUT2D eigenvalue weighted by molar-refractivity contribution is 0.101. The van der Waals surface area contributed by atoms with E-state index in [4.69, 9.17) is 0 Å². The molecule has 0 aliphatic carbocycles. The Morgan fingerprint density at radius 3 is 2.50 bits per heavy atom. The van der Waals surface area contributed by atoms with Crippen LogP contribution in [-0.4, -0.2) is 31.6 Å². The zero-order valence-electron chi connectivity index (χ0n) is 11.8. The molecule has 0 amide bonds. The molecule has 1 aliphatic rings. The van der Waals surface area contributed by atoms with E-state index in [9.17, 15) is 13.2 Å². The number of Topliss-reactive ketones (excluding diaryl/α,β-unsaturated/α-hetero) is 1. The summed E-state index contributed by atoms with van der Waals surface area (Å²) in [5.74, 6) is 0.352. The van der Waals surface area contributed by atoms with Gasteiger partial charge in [0.15, 0.2) is 5.78 Å². The largest absolute Gasteiger partial charge is 0.301 e. The molecule has 6 heteroatoms. The maximum atomic E-state index is 12.3. The van der Waals surface area contributed by atoms with Crippen molar-refractivity contribution in [2.24, 2.45) is 5.92 Å². The molecule has 1 aromatic carbocycles. The van der Waals surface area contributed by atoms with E-state index in [-0.39, 0.29) is 5.78 Å². The molecule has 2 rings (SSSR count). The highest BCUT2D eigenvalue weighted by atomic mass is 32.2. The van der Waals surface area contributed by atoms with Gasteiger partial charge >= 0.3 is 10.2 Å². The van der Waals surface area contributed by atoms with Crippen molar-refractivity contribution < 1.29 is 13.2 Å². The summed E-state index contributed by atoms with van der Waals surface area (Å²) in [6.45, 7) is 4.66. The number of carbonyl (C=O) groups excluding carboxylic acids is 1. The van der Waals surface area contributed by atoms with Crippen LogP contribution in [0.4, 0.5) is 5.69 Å². The number of rotatable bonds is 4. The van der Waals surface area contributed by atoms with Gasteiger partial charge in [0, 0.05) is 24.3 Å². The number of hydrogen-bond acceptors (Lipinski definition) is 3. The minimum Gasteiger partial charge on any atom is -0.295 e. The van der Waals surface area contributed by atoms with Crippen molar-refractivity contribution in [1.82, 2.24) is 4.31 Å². The molecule has 0 saturated carbocycles. The van der Waals surface area contributed by atoms with Crippen LogP contribution in [0.25, 0.3) is 0 Å². The van der Waals surface area contributed by atoms with Crippen molar-refractivity contribution in [2.75, 3.05) is 17.8 Å². The average Bonchev–Trinajstić information content (AvgIpc) is 2.39. The normalized spacial score (nSPS) is 20.6. The Labute approximate surface area is 120 Å². The van der Waals surface area contributed by atoms with Gasteiger partial charge in [-0.25, -0.2) is 0 Å². The maximum Gasteiger partial charge on any atom is 0.301 e. The maximum absolute atomic E-state index is 12.3. The molecule has 20 heavy (non-hydrogen) atoms. The highest BCUT2D eigenvalue weighted by molar-refractivity contribution is 7.90. The van der Waals surface area contributed by atoms with Gasteiger partial charge in [-0.1, -0.05) is 6.92 Å². The number of nitrogens with zero attached hydrogens (tertiary/aromatic N) is 1. The van der Waals surface area contributed by atoms with Gasteiger partial charge in [0.25, 0.3) is 0 Å². The molecular formula is C14H20N2O3S. The number of piperidine rings is 1. The molecule has 1 heterocycles. The summed E-state index contributed by atoms with van der Waals surface area (Å²) >= 11 is 0. The standard InChI is InChI=1S/C14H20N2O3S/c1-11-4-3-9-16(10-11)20(18,19)15-14-7-5-13(6-8-14)12(2)17/h5-8,11,15H,3-4,9-10H2,1-2H3. The van der Waals surface area contributed by atoms with Crippen molar-refractivity contribution in [3.05, 3.63) is 29.8 Å². The number of carbonyl (C=O) groups is 1. The van der Waals surface area contributed by atoms with Crippen LogP contribution in [0.5, 0.6) is 0 Å². The quantitative estimate of drug-likeness (QED) is 0.867. The second-order valence-corrected chi connectivity index (χ2v) is 7.02. The first kappa shape index (κ1) is 15.0. The zero-order valence-corrected chi connectivity index (χ0v) is 12.6. The molecule has 0 spiro atoms. The molecule has 1 aliphatic heterocycles. The molecule has 0 radical (unpaired) electrons. The molecule has 1 unspecified atom stereocenters. The Balaban J connectivity index is 2.09. The summed E-state index contributed by atoms with van der Waals surface area (Å²) in [6, 6.07) is 6.47. The molecule has 1 aromatic rings. The molecule has 1 N–H and O–H groups in total. The van der Waals surface area contributed by atoms with E-state index in [1.807, 2.05) is 0 Å². The Morgan fingerprint density at radius 1 is 1.30 bits per heavy atom. The van der Waals surface area contributed by atoms with Gasteiger partial charge in [0.1, 0.15) is 0 Å². The number of anilines is 1. The highest BCUT2D eigenvalue weighted by Crippen LogP contribution is 2.20. The van der Waals surface area contributed by atoms with Crippen LogP contribution in [-0.2, 0) is 10.2 Å². The first-order valence-corrected chi connectivity index (χ1v) is 8.21. The molecule has 1 atom stereocenters. The Bertz CT molecular complexity index is 581. The lowest BCUT2D eigenvalue weighted by atomic mass is 10.0. The third-order valence-corrected chi connectivity index (χ3v) is 5.00. The van der Waals surface area contributed by atoms with Crippen LogP contribution >= 0.6 is 0 Å². The number of benzene rings is 1. The van der Waals surface area contributed by atoms with E-state index >= 15 is 0 Å². The summed E-state index contributed by atoms with van der Waals surface area (Å²) in [7, 11) is -3.50. The Kier molecular flexibility index (Phi) is 4.45. The lowest BCUT2D eigenvalue weighted by Gasteiger charge is -2.30. The van der Waals surface area contributed by atoms with E-state index < -0.39 is 10.2 Å². The van der Waals surface area contributed by atoms with Crippen LogP contribution in [0.1, 0.15) is 37.0 Å². The predicted octanol–water partition coefficient (Wildman–Crippen LogP) is 2.28. The first-order chi connectivity index (χ1) is 9.38. The van der Waals surface area contributed by atoms with Crippen molar-refractivity contribution >= 4 is 21.7 Å². The summed E-state index contributed by atoms with van der Waals surface area (Å²) < 4.78 is 28.6. The van der Waals surface area contributed by atoms with Gasteiger partial charge < -0.3 is 0 Å². The fourth-order valence-corrected chi connectivity index (χ4v) is 3.73. The second kappa shape index (κ2) is 5.93. The minimum atomic E-state index is -3.50. The summed E-state index contributed by atoms with van der Waals surface area (Å²) in [6.07, 6.45) is 1.96. The third kappa shape index (κ3) is 3.58. The van der Waals surface area contributed by atoms with E-state index in [0.29, 0.717) is 30.3 Å². The highest BCUT2D eigenvalue weighted by Gasteiger charge is 2.26. The van der Waals surface area contributed by atoms with Gasteiger partial charge in [-0.2, -0.15) is 12.7 Å². The van der Waals surface area contributed by atoms with Crippen LogP contribution in [0.3, 0.4) is 0 Å². The minimum absolute atomic E-state index is 0.0377. The van der Waals surface area contributed by atoms with Crippen LogP contribution < -0.4 is 4.72 Å². The van der Waals surface area contributed by atoms with Crippen molar-refractivity contribution in [1.29, 1.82) is 0 Å². The first-order valence-electron chi connectivity index (χ1n) is 6.77. The molecule has 5 nitrogen and oxygen atoms in total. The Morgan fingerprint density at radius 2 is 1.95 bits per heavy atom. The van der Waals surface area contributed by atoms with Crippen LogP contribution in [0.15, 0.2) is 24.3 Å². The van der Waals surface area contributed by atoms with Gasteiger partial charge in [-0.05, 0) is 49.9 Å². The fraction of sp³-hybridized carbons (Fsp3) is 0.500. The van der Waals surface area contributed by atoms with Crippen molar-refractivity contribution in [2.45, 2.75) is 26.7 Å². The average molecular weight is 296 g/mol. The smallest absolute Gasteiger partial charge is 0.295 e. The third-order valence-electron chi connectivity index (χ3n) is 3.50. The van der Waals surface area contributed by atoms with Gasteiger partial charge in [0.05, 0.1) is 0 Å². The van der Waals surface area contributed by atoms with E-state index in [0.717, 1.165) is 12.8 Å². The van der Waals surface area contributed by atoms with Gasteiger partial charge in [-0.15, -0.1) is 0 Å². The van der Waals surface area contributed by atoms with Crippen molar-refractivity contribution in [3.8, 4) is 0 Å². The van der Waals surface area contributed by atoms with E-state index in [1.54, 1.807) is 24.3 Å². The predicted molar refractivity (Wildman–Crippen MR) is 79.0 cm³/mol. The molecule has 0 aromatic heterocycles. The molecule has 110 valence electrons. The lowest BCUT2D eigenvalue weighted by Crippen LogP contribution is -2.42. The number of ketones is 1. The summed E-state index contributed by atoms with van der Waals surface area (Å²) in [4.78, 5) is 11.2. The monoisotopic (exact) mass is 296 g/mol. The number of hydrogen-bond donors (Lipinski definition) is 1. The van der Waals surface area contributed by atoms with Crippen LogP contribution in [0.2, 0.25) is 0 Å². The fourth-order valence-electron chi connectivity index (χ4n) is 2.35. The van der Waals surface area contributed by atoms with Crippen LogP contribution in [0, 0.1) is 5.92 Å². The number of nitrogens with one attached hydrogen (secondary N) is 1. The van der Waals surface area contributed by atoms with Crippen molar-refractivity contribution in [3.63, 3.8) is 0 Å². The second-order valence-electron chi connectivity index (χ2n) is 5.35. The summed E-state index contributed by atoms with van der Waals surface area (Å²) in [5, 5.41) is 0. The van der Waals surface area contributed by atoms with E-state index in [1.165, 1.54) is 11.2 Å². The summed E-state index contributed by atoms with van der Waals surface area (Å²) in [5.41, 5.74) is 1.05. The molecule has 0 bridgehead atoms.